The first kappa shape index (κ1) is 10.9. The van der Waals surface area contributed by atoms with Crippen LogP contribution in [-0.2, 0) is 11.2 Å². The quantitative estimate of drug-likeness (QED) is 0.650. The minimum atomic E-state index is -0.0234. The zero-order valence-corrected chi connectivity index (χ0v) is 8.63. The van der Waals surface area contributed by atoms with E-state index in [9.17, 15) is 4.79 Å². The maximum absolute atomic E-state index is 11.2. The van der Waals surface area contributed by atoms with Gasteiger partial charge in [0.15, 0.2) is 0 Å². The molecule has 0 spiro atoms. The summed E-state index contributed by atoms with van der Waals surface area (Å²) in [5, 5.41) is 11.7. The second kappa shape index (κ2) is 5.54. The van der Waals surface area contributed by atoms with E-state index in [2.05, 4.69) is 17.9 Å². The number of phenolic OH excluding ortho intramolecular Hbond substituents is 1. The number of benzene rings is 1. The van der Waals surface area contributed by atoms with E-state index < -0.39 is 0 Å². The zero-order valence-electron chi connectivity index (χ0n) is 7.73. The van der Waals surface area contributed by atoms with Crippen LogP contribution in [0.1, 0.15) is 5.56 Å². The van der Waals surface area contributed by atoms with Crippen LogP contribution in [-0.4, -0.2) is 23.3 Å². The third-order valence-electron chi connectivity index (χ3n) is 1.73. The third kappa shape index (κ3) is 3.70. The van der Waals surface area contributed by atoms with Gasteiger partial charge in [-0.05, 0) is 17.7 Å². The van der Waals surface area contributed by atoms with E-state index in [0.29, 0.717) is 18.7 Å². The van der Waals surface area contributed by atoms with E-state index in [1.807, 2.05) is 0 Å². The molecule has 14 heavy (non-hydrogen) atoms. The Bertz CT molecular complexity index is 297. The Morgan fingerprint density at radius 1 is 1.36 bits per heavy atom. The number of hydrogen-bond donors (Lipinski definition) is 3. The molecular weight excluding hydrogens is 198 g/mol. The average molecular weight is 211 g/mol. The number of nitrogens with one attached hydrogen (secondary N) is 1. The van der Waals surface area contributed by atoms with Gasteiger partial charge in [-0.2, -0.15) is 12.6 Å². The number of carbonyl (C=O) groups excluding carboxylic acids is 1. The SMILES string of the molecule is O=C(Cc1ccc(O)cc1)NCCS. The molecule has 1 aromatic carbocycles. The van der Waals surface area contributed by atoms with Crippen molar-refractivity contribution in [3.8, 4) is 5.75 Å². The molecule has 0 aliphatic rings. The van der Waals surface area contributed by atoms with Crippen molar-refractivity contribution in [2.45, 2.75) is 6.42 Å². The highest BCUT2D eigenvalue weighted by molar-refractivity contribution is 7.80. The summed E-state index contributed by atoms with van der Waals surface area (Å²) in [6, 6.07) is 6.60. The molecule has 1 rings (SSSR count). The van der Waals surface area contributed by atoms with Gasteiger partial charge in [-0.25, -0.2) is 0 Å². The molecule has 0 aromatic heterocycles. The molecule has 1 amide bonds. The Balaban J connectivity index is 2.44. The molecule has 0 aliphatic heterocycles. The highest BCUT2D eigenvalue weighted by atomic mass is 32.1. The Morgan fingerprint density at radius 3 is 2.57 bits per heavy atom. The molecule has 0 atom stereocenters. The van der Waals surface area contributed by atoms with Gasteiger partial charge in [0.2, 0.25) is 5.91 Å². The van der Waals surface area contributed by atoms with Gasteiger partial charge < -0.3 is 10.4 Å². The van der Waals surface area contributed by atoms with E-state index in [0.717, 1.165) is 5.56 Å². The fraction of sp³-hybridized carbons (Fsp3) is 0.300. The Morgan fingerprint density at radius 2 is 2.00 bits per heavy atom. The molecule has 1 aromatic rings. The minimum Gasteiger partial charge on any atom is -0.508 e. The minimum absolute atomic E-state index is 0.0234. The van der Waals surface area contributed by atoms with Crippen molar-refractivity contribution < 1.29 is 9.90 Å². The Hall–Kier alpha value is -1.16. The standard InChI is InChI=1S/C10H13NO2S/c12-9-3-1-8(2-4-9)7-10(13)11-5-6-14/h1-4,12,14H,5-7H2,(H,11,13). The molecule has 0 unspecified atom stereocenters. The van der Waals surface area contributed by atoms with Crippen LogP contribution in [0.3, 0.4) is 0 Å². The second-order valence-corrected chi connectivity index (χ2v) is 3.36. The smallest absolute Gasteiger partial charge is 0.224 e. The monoisotopic (exact) mass is 211 g/mol. The van der Waals surface area contributed by atoms with E-state index in [4.69, 9.17) is 5.11 Å². The van der Waals surface area contributed by atoms with Crippen LogP contribution < -0.4 is 5.32 Å². The van der Waals surface area contributed by atoms with Crippen molar-refractivity contribution in [2.24, 2.45) is 0 Å². The first-order chi connectivity index (χ1) is 6.72. The van der Waals surface area contributed by atoms with Crippen LogP contribution in [0.25, 0.3) is 0 Å². The predicted molar refractivity (Wildman–Crippen MR) is 58.7 cm³/mol. The highest BCUT2D eigenvalue weighted by Gasteiger charge is 2.01. The molecule has 0 fully saturated rings. The van der Waals surface area contributed by atoms with Crippen LogP contribution in [0.2, 0.25) is 0 Å². The number of carbonyl (C=O) groups is 1. The van der Waals surface area contributed by atoms with Crippen LogP contribution in [0.5, 0.6) is 5.75 Å². The Labute approximate surface area is 88.6 Å². The second-order valence-electron chi connectivity index (χ2n) is 2.92. The number of hydrogen-bond acceptors (Lipinski definition) is 3. The van der Waals surface area contributed by atoms with Crippen molar-refractivity contribution in [1.82, 2.24) is 5.32 Å². The normalized spacial score (nSPS) is 9.79. The average Bonchev–Trinajstić information content (AvgIpc) is 2.18. The molecule has 0 heterocycles. The Kier molecular flexibility index (Phi) is 4.32. The van der Waals surface area contributed by atoms with Gasteiger partial charge in [-0.3, -0.25) is 4.79 Å². The highest BCUT2D eigenvalue weighted by Crippen LogP contribution is 2.09. The number of aromatic hydroxyl groups is 1. The summed E-state index contributed by atoms with van der Waals surface area (Å²) in [5.74, 6) is 0.829. The summed E-state index contributed by atoms with van der Waals surface area (Å²) < 4.78 is 0. The maximum Gasteiger partial charge on any atom is 0.224 e. The lowest BCUT2D eigenvalue weighted by atomic mass is 10.1. The largest absolute Gasteiger partial charge is 0.508 e. The van der Waals surface area contributed by atoms with Gasteiger partial charge >= 0.3 is 0 Å². The van der Waals surface area contributed by atoms with E-state index >= 15 is 0 Å². The topological polar surface area (TPSA) is 49.3 Å². The molecule has 0 saturated heterocycles. The van der Waals surface area contributed by atoms with Gasteiger partial charge in [-0.1, -0.05) is 12.1 Å². The van der Waals surface area contributed by atoms with Crippen LogP contribution in [0, 0.1) is 0 Å². The van der Waals surface area contributed by atoms with Crippen LogP contribution in [0.15, 0.2) is 24.3 Å². The first-order valence-corrected chi connectivity index (χ1v) is 5.01. The predicted octanol–water partition coefficient (Wildman–Crippen LogP) is 0.981. The number of amides is 1. The summed E-state index contributed by atoms with van der Waals surface area (Å²) in [5.41, 5.74) is 0.888. The van der Waals surface area contributed by atoms with Gasteiger partial charge in [-0.15, -0.1) is 0 Å². The lowest BCUT2D eigenvalue weighted by Crippen LogP contribution is -2.26. The number of thiol groups is 1. The molecule has 0 aliphatic carbocycles. The first-order valence-electron chi connectivity index (χ1n) is 4.38. The van der Waals surface area contributed by atoms with Gasteiger partial charge in [0.1, 0.15) is 5.75 Å². The van der Waals surface area contributed by atoms with Crippen LogP contribution in [0.4, 0.5) is 0 Å². The molecule has 2 N–H and O–H groups in total. The third-order valence-corrected chi connectivity index (χ3v) is 1.96. The fourth-order valence-electron chi connectivity index (χ4n) is 1.06. The molecule has 0 saturated carbocycles. The zero-order chi connectivity index (χ0) is 10.4. The van der Waals surface area contributed by atoms with Crippen molar-refractivity contribution >= 4 is 18.5 Å². The fourth-order valence-corrected chi connectivity index (χ4v) is 1.17. The molecule has 0 radical (unpaired) electrons. The molecule has 3 nitrogen and oxygen atoms in total. The number of phenols is 1. The van der Waals surface area contributed by atoms with E-state index in [-0.39, 0.29) is 11.7 Å². The van der Waals surface area contributed by atoms with E-state index in [1.54, 1.807) is 24.3 Å². The molecular formula is C10H13NO2S. The molecule has 76 valence electrons. The molecule has 0 bridgehead atoms. The van der Waals surface area contributed by atoms with Crippen molar-refractivity contribution in [3.05, 3.63) is 29.8 Å². The van der Waals surface area contributed by atoms with Gasteiger partial charge in [0, 0.05) is 12.3 Å². The van der Waals surface area contributed by atoms with Crippen molar-refractivity contribution in [2.75, 3.05) is 12.3 Å². The van der Waals surface area contributed by atoms with Gasteiger partial charge in [0.05, 0.1) is 6.42 Å². The summed E-state index contributed by atoms with van der Waals surface area (Å²) in [6.07, 6.45) is 0.341. The number of rotatable bonds is 4. The van der Waals surface area contributed by atoms with Crippen LogP contribution >= 0.6 is 12.6 Å². The summed E-state index contributed by atoms with van der Waals surface area (Å²) in [4.78, 5) is 11.2. The molecule has 4 heteroatoms. The van der Waals surface area contributed by atoms with Gasteiger partial charge in [0.25, 0.3) is 0 Å². The van der Waals surface area contributed by atoms with Crippen molar-refractivity contribution in [3.63, 3.8) is 0 Å². The summed E-state index contributed by atoms with van der Waals surface area (Å²) in [6.45, 7) is 0.583. The van der Waals surface area contributed by atoms with E-state index in [1.165, 1.54) is 0 Å². The summed E-state index contributed by atoms with van der Waals surface area (Å²) in [7, 11) is 0. The van der Waals surface area contributed by atoms with Crippen molar-refractivity contribution in [1.29, 1.82) is 0 Å². The lowest BCUT2D eigenvalue weighted by Gasteiger charge is -2.03. The maximum atomic E-state index is 11.2. The lowest BCUT2D eigenvalue weighted by molar-refractivity contribution is -0.120. The summed E-state index contributed by atoms with van der Waals surface area (Å²) >= 11 is 3.99.